The van der Waals surface area contributed by atoms with Gasteiger partial charge in [0.25, 0.3) is 0 Å². The van der Waals surface area contributed by atoms with Gasteiger partial charge in [-0.25, -0.2) is 0 Å². The average Bonchev–Trinajstić information content (AvgIpc) is 2.61. The lowest BCUT2D eigenvalue weighted by Crippen LogP contribution is -2.45. The Morgan fingerprint density at radius 3 is 2.50 bits per heavy atom. The quantitative estimate of drug-likeness (QED) is 0.745. The number of hydrogen-bond acceptors (Lipinski definition) is 5. The maximum Gasteiger partial charge on any atom is 0.321 e. The summed E-state index contributed by atoms with van der Waals surface area (Å²) in [5.74, 6) is 0.628. The minimum atomic E-state index is -0.192. The van der Waals surface area contributed by atoms with E-state index in [1.54, 1.807) is 6.92 Å². The highest BCUT2D eigenvalue weighted by Crippen LogP contribution is 2.12. The van der Waals surface area contributed by atoms with Crippen molar-refractivity contribution >= 4 is 6.01 Å². The Kier molecular flexibility index (Phi) is 3.46. The Morgan fingerprint density at radius 2 is 2.07 bits per heavy atom. The van der Waals surface area contributed by atoms with E-state index in [0.717, 1.165) is 12.8 Å². The summed E-state index contributed by atoms with van der Waals surface area (Å²) in [4.78, 5) is 4.04. The van der Waals surface area contributed by atoms with Crippen LogP contribution < -0.4 is 11.1 Å². The van der Waals surface area contributed by atoms with E-state index in [-0.39, 0.29) is 5.54 Å². The van der Waals surface area contributed by atoms with Crippen molar-refractivity contribution < 1.29 is 4.52 Å². The van der Waals surface area contributed by atoms with Crippen LogP contribution in [0.25, 0.3) is 0 Å². The second-order valence-electron chi connectivity index (χ2n) is 3.57. The molecule has 14 heavy (non-hydrogen) atoms. The molecule has 3 N–H and O–H groups in total. The number of aryl methyl sites for hydroxylation is 1. The Labute approximate surface area is 84.1 Å². The first kappa shape index (κ1) is 11.0. The van der Waals surface area contributed by atoms with E-state index < -0.39 is 0 Å². The summed E-state index contributed by atoms with van der Waals surface area (Å²) in [6.07, 6.45) is 1.84. The van der Waals surface area contributed by atoms with Gasteiger partial charge in [-0.15, -0.1) is 0 Å². The predicted molar refractivity (Wildman–Crippen MR) is 55.0 cm³/mol. The van der Waals surface area contributed by atoms with E-state index in [1.807, 2.05) is 0 Å². The summed E-state index contributed by atoms with van der Waals surface area (Å²) in [5, 5.41) is 6.72. The Bertz CT molecular complexity index is 280. The number of anilines is 1. The van der Waals surface area contributed by atoms with Crippen molar-refractivity contribution in [3.8, 4) is 0 Å². The van der Waals surface area contributed by atoms with Gasteiger partial charge >= 0.3 is 6.01 Å². The van der Waals surface area contributed by atoms with E-state index >= 15 is 0 Å². The van der Waals surface area contributed by atoms with Crippen molar-refractivity contribution in [3.05, 3.63) is 5.82 Å². The fraction of sp³-hybridized carbons (Fsp3) is 0.778. The first-order valence-electron chi connectivity index (χ1n) is 4.92. The molecule has 0 saturated carbocycles. The normalized spacial score (nSPS) is 11.7. The largest absolute Gasteiger partial charge is 0.336 e. The summed E-state index contributed by atoms with van der Waals surface area (Å²) in [5.41, 5.74) is 5.91. The highest BCUT2D eigenvalue weighted by molar-refractivity contribution is 5.19. The summed E-state index contributed by atoms with van der Waals surface area (Å²) >= 11 is 0. The van der Waals surface area contributed by atoms with E-state index in [1.165, 1.54) is 0 Å². The molecule has 0 fully saturated rings. The van der Waals surface area contributed by atoms with E-state index in [4.69, 9.17) is 10.3 Å². The van der Waals surface area contributed by atoms with Crippen LogP contribution in [0, 0.1) is 6.92 Å². The van der Waals surface area contributed by atoms with Crippen molar-refractivity contribution in [2.75, 3.05) is 11.9 Å². The van der Waals surface area contributed by atoms with Gasteiger partial charge in [-0.2, -0.15) is 4.98 Å². The van der Waals surface area contributed by atoms with Gasteiger partial charge in [0.2, 0.25) is 0 Å². The fourth-order valence-corrected chi connectivity index (χ4v) is 1.12. The molecule has 0 unspecified atom stereocenters. The second kappa shape index (κ2) is 4.41. The Balaban J connectivity index is 2.47. The SMILES string of the molecule is CCC(N)(CC)CNc1nc(C)no1. The highest BCUT2D eigenvalue weighted by Gasteiger charge is 2.20. The molecule has 0 amide bonds. The second-order valence-corrected chi connectivity index (χ2v) is 3.57. The molecule has 0 aliphatic rings. The molecule has 0 atom stereocenters. The summed E-state index contributed by atoms with van der Waals surface area (Å²) in [7, 11) is 0. The molecular weight excluding hydrogens is 180 g/mol. The molecule has 0 saturated heterocycles. The number of nitrogens with zero attached hydrogens (tertiary/aromatic N) is 2. The summed E-state index contributed by atoms with van der Waals surface area (Å²) < 4.78 is 4.92. The van der Waals surface area contributed by atoms with E-state index in [2.05, 4.69) is 29.3 Å². The number of rotatable bonds is 5. The monoisotopic (exact) mass is 198 g/mol. The minimum Gasteiger partial charge on any atom is -0.336 e. The standard InChI is InChI=1S/C9H18N4O/c1-4-9(10,5-2)6-11-8-12-7(3)13-14-8/h4-6,10H2,1-3H3,(H,11,12,13). The molecule has 0 spiro atoms. The van der Waals surface area contributed by atoms with Crippen LogP contribution >= 0.6 is 0 Å². The highest BCUT2D eigenvalue weighted by atomic mass is 16.5. The Hall–Kier alpha value is -1.10. The van der Waals surface area contributed by atoms with E-state index in [9.17, 15) is 0 Å². The maximum absolute atomic E-state index is 6.10. The van der Waals surface area contributed by atoms with Crippen molar-refractivity contribution in [3.63, 3.8) is 0 Å². The molecule has 5 nitrogen and oxygen atoms in total. The van der Waals surface area contributed by atoms with Crippen molar-refractivity contribution in [1.29, 1.82) is 0 Å². The third-order valence-corrected chi connectivity index (χ3v) is 2.53. The first-order valence-corrected chi connectivity index (χ1v) is 4.92. The van der Waals surface area contributed by atoms with Gasteiger partial charge in [-0.05, 0) is 19.8 Å². The molecule has 0 radical (unpaired) electrons. The van der Waals surface area contributed by atoms with Gasteiger partial charge in [0.05, 0.1) is 0 Å². The summed E-state index contributed by atoms with van der Waals surface area (Å²) in [6.45, 7) is 6.58. The topological polar surface area (TPSA) is 77.0 Å². The molecular formula is C9H18N4O. The zero-order valence-electron chi connectivity index (χ0n) is 9.00. The number of aromatic nitrogens is 2. The molecule has 1 rings (SSSR count). The molecule has 1 aromatic rings. The van der Waals surface area contributed by atoms with Gasteiger partial charge < -0.3 is 15.6 Å². The van der Waals surface area contributed by atoms with Crippen LogP contribution in [-0.4, -0.2) is 22.2 Å². The van der Waals surface area contributed by atoms with Crippen LogP contribution in [0.15, 0.2) is 4.52 Å². The van der Waals surface area contributed by atoms with Gasteiger partial charge in [-0.1, -0.05) is 19.0 Å². The van der Waals surface area contributed by atoms with Crippen molar-refractivity contribution in [2.45, 2.75) is 39.2 Å². The van der Waals surface area contributed by atoms with Crippen molar-refractivity contribution in [2.24, 2.45) is 5.73 Å². The molecule has 80 valence electrons. The van der Waals surface area contributed by atoms with Crippen molar-refractivity contribution in [1.82, 2.24) is 10.1 Å². The predicted octanol–water partition coefficient (Wildman–Crippen LogP) is 1.31. The van der Waals surface area contributed by atoms with Crippen LogP contribution in [0.3, 0.4) is 0 Å². The molecule has 1 heterocycles. The lowest BCUT2D eigenvalue weighted by Gasteiger charge is -2.26. The third kappa shape index (κ3) is 2.70. The Morgan fingerprint density at radius 1 is 1.43 bits per heavy atom. The van der Waals surface area contributed by atoms with Gasteiger partial charge in [-0.3, -0.25) is 0 Å². The summed E-state index contributed by atoms with van der Waals surface area (Å²) in [6, 6.07) is 0.444. The minimum absolute atomic E-state index is 0.192. The lowest BCUT2D eigenvalue weighted by atomic mass is 9.94. The van der Waals surface area contributed by atoms with Crippen LogP contribution in [0.1, 0.15) is 32.5 Å². The first-order chi connectivity index (χ1) is 6.59. The molecule has 0 bridgehead atoms. The zero-order chi connectivity index (χ0) is 10.6. The molecule has 0 aromatic carbocycles. The molecule has 0 aliphatic carbocycles. The van der Waals surface area contributed by atoms with Gasteiger partial charge in [0, 0.05) is 12.1 Å². The molecule has 1 aromatic heterocycles. The van der Waals surface area contributed by atoms with Crippen LogP contribution in [-0.2, 0) is 0 Å². The smallest absolute Gasteiger partial charge is 0.321 e. The van der Waals surface area contributed by atoms with Crippen LogP contribution in [0.2, 0.25) is 0 Å². The molecule has 0 aliphatic heterocycles. The van der Waals surface area contributed by atoms with Gasteiger partial charge in [0.15, 0.2) is 5.82 Å². The number of nitrogens with one attached hydrogen (secondary N) is 1. The van der Waals surface area contributed by atoms with Gasteiger partial charge in [0.1, 0.15) is 0 Å². The fourth-order valence-electron chi connectivity index (χ4n) is 1.12. The third-order valence-electron chi connectivity index (χ3n) is 2.53. The average molecular weight is 198 g/mol. The number of nitrogens with two attached hydrogens (primary N) is 1. The maximum atomic E-state index is 6.10. The van der Waals surface area contributed by atoms with Crippen LogP contribution in [0.5, 0.6) is 0 Å². The lowest BCUT2D eigenvalue weighted by molar-refractivity contribution is 0.395. The van der Waals surface area contributed by atoms with E-state index in [0.29, 0.717) is 18.4 Å². The zero-order valence-corrected chi connectivity index (χ0v) is 9.00. The number of hydrogen-bond donors (Lipinski definition) is 2. The van der Waals surface area contributed by atoms with Crippen LogP contribution in [0.4, 0.5) is 6.01 Å². The molecule has 5 heteroatoms.